The van der Waals surface area contributed by atoms with Crippen molar-refractivity contribution in [2.45, 2.75) is 31.6 Å². The molecule has 1 aromatic rings. The molecule has 0 bridgehead atoms. The van der Waals surface area contributed by atoms with Gasteiger partial charge in [-0.1, -0.05) is 23.8 Å². The number of ether oxygens (including phenoxy) is 2. The van der Waals surface area contributed by atoms with Crippen LogP contribution >= 0.6 is 0 Å². The van der Waals surface area contributed by atoms with Gasteiger partial charge in [0.05, 0.1) is 36.7 Å². The number of sulfonamides is 1. The average molecular weight is 408 g/mol. The molecule has 2 atom stereocenters. The number of nitrogens with one attached hydrogen (secondary N) is 1. The Bertz CT molecular complexity index is 903. The molecule has 0 amide bonds. The van der Waals surface area contributed by atoms with E-state index in [0.29, 0.717) is 11.3 Å². The van der Waals surface area contributed by atoms with Crippen LogP contribution in [0.1, 0.15) is 25.3 Å². The molecule has 28 heavy (non-hydrogen) atoms. The average Bonchev–Trinajstić information content (AvgIpc) is 2.70. The van der Waals surface area contributed by atoms with E-state index in [9.17, 15) is 18.0 Å². The van der Waals surface area contributed by atoms with Crippen LogP contribution in [0.25, 0.3) is 0 Å². The highest BCUT2D eigenvalue weighted by Crippen LogP contribution is 2.32. The molecule has 0 radical (unpaired) electrons. The van der Waals surface area contributed by atoms with Gasteiger partial charge in [0.2, 0.25) is 0 Å². The number of hydrogen-bond donors (Lipinski definition) is 1. The number of benzene rings is 1. The maximum Gasteiger partial charge on any atom is 0.309 e. The topological polar surface area (TPSA) is 111 Å². The predicted octanol–water partition coefficient (Wildman–Crippen LogP) is 1.95. The minimum Gasteiger partial charge on any atom is -0.469 e. The minimum absolute atomic E-state index is 0.102. The molecule has 0 spiro atoms. The number of rotatable bonds is 6. The van der Waals surface area contributed by atoms with Gasteiger partial charge >= 0.3 is 11.9 Å². The van der Waals surface area contributed by atoms with Crippen molar-refractivity contribution in [1.82, 2.24) is 4.83 Å². The minimum atomic E-state index is -3.80. The summed E-state index contributed by atoms with van der Waals surface area (Å²) in [6, 6.07) is 6.39. The zero-order chi connectivity index (χ0) is 20.9. The Balaban J connectivity index is 2.19. The van der Waals surface area contributed by atoms with Crippen LogP contribution in [0.2, 0.25) is 0 Å². The van der Waals surface area contributed by atoms with E-state index in [-0.39, 0.29) is 17.7 Å². The van der Waals surface area contributed by atoms with Crippen LogP contribution in [0, 0.1) is 18.8 Å². The van der Waals surface area contributed by atoms with E-state index in [1.54, 1.807) is 25.1 Å². The van der Waals surface area contributed by atoms with E-state index >= 15 is 0 Å². The zero-order valence-electron chi connectivity index (χ0n) is 16.3. The van der Waals surface area contributed by atoms with Crippen LogP contribution in [0.3, 0.4) is 0 Å². The molecule has 0 aromatic heterocycles. The van der Waals surface area contributed by atoms with Gasteiger partial charge in [0.25, 0.3) is 10.0 Å². The Morgan fingerprint density at radius 3 is 2.21 bits per heavy atom. The molecule has 0 aliphatic heterocycles. The standard InChI is InChI=1S/C19H24N2O6S/c1-12-5-8-15(9-6-12)28(24,25)21-20-13(2)14-7-10-16(18(22)26-3)17(11-14)19(23)27-4/h5-9,16-17,21H,10-11H2,1-4H3/b20-13+. The van der Waals surface area contributed by atoms with Crippen molar-refractivity contribution >= 4 is 27.7 Å². The smallest absolute Gasteiger partial charge is 0.309 e. The number of hydrazone groups is 1. The molecular formula is C19H24N2O6S. The summed E-state index contributed by atoms with van der Waals surface area (Å²) in [5, 5.41) is 3.97. The summed E-state index contributed by atoms with van der Waals surface area (Å²) in [4.78, 5) is 26.3. The third kappa shape index (κ3) is 4.98. The van der Waals surface area contributed by atoms with Crippen LogP contribution in [-0.2, 0) is 29.1 Å². The SMILES string of the molecule is COC(=O)C1CC=C(/C(C)=N/NS(=O)(=O)c2ccc(C)cc2)CC1C(=O)OC. The fourth-order valence-electron chi connectivity index (χ4n) is 2.97. The molecule has 0 saturated heterocycles. The van der Waals surface area contributed by atoms with Crippen molar-refractivity contribution in [3.8, 4) is 0 Å². The first-order valence-electron chi connectivity index (χ1n) is 8.67. The Kier molecular flexibility index (Phi) is 6.95. The van der Waals surface area contributed by atoms with Gasteiger partial charge in [-0.25, -0.2) is 0 Å². The molecule has 2 unspecified atom stereocenters. The molecule has 2 rings (SSSR count). The van der Waals surface area contributed by atoms with Crippen LogP contribution in [0.4, 0.5) is 0 Å². The third-order valence-corrected chi connectivity index (χ3v) is 5.91. The Labute approximate surface area is 164 Å². The van der Waals surface area contributed by atoms with Crippen molar-refractivity contribution < 1.29 is 27.5 Å². The molecule has 1 N–H and O–H groups in total. The van der Waals surface area contributed by atoms with Gasteiger partial charge in [-0.05, 0) is 44.4 Å². The molecule has 0 saturated carbocycles. The van der Waals surface area contributed by atoms with Crippen LogP contribution in [0.15, 0.2) is 45.9 Å². The lowest BCUT2D eigenvalue weighted by atomic mass is 9.78. The lowest BCUT2D eigenvalue weighted by molar-refractivity contribution is -0.157. The molecule has 0 fully saturated rings. The van der Waals surface area contributed by atoms with E-state index in [1.165, 1.54) is 26.4 Å². The van der Waals surface area contributed by atoms with Crippen molar-refractivity contribution in [2.24, 2.45) is 16.9 Å². The quantitative estimate of drug-likeness (QED) is 0.437. The number of hydrogen-bond acceptors (Lipinski definition) is 7. The maximum atomic E-state index is 12.4. The number of aryl methyl sites for hydroxylation is 1. The monoisotopic (exact) mass is 408 g/mol. The summed E-state index contributed by atoms with van der Waals surface area (Å²) in [6.45, 7) is 3.50. The van der Waals surface area contributed by atoms with E-state index in [2.05, 4.69) is 9.93 Å². The van der Waals surface area contributed by atoms with Gasteiger partial charge in [-0.2, -0.15) is 18.4 Å². The second kappa shape index (κ2) is 9.01. The summed E-state index contributed by atoms with van der Waals surface area (Å²) >= 11 is 0. The predicted molar refractivity (Wildman–Crippen MR) is 103 cm³/mol. The highest BCUT2D eigenvalue weighted by atomic mass is 32.2. The van der Waals surface area contributed by atoms with E-state index in [4.69, 9.17) is 9.47 Å². The maximum absolute atomic E-state index is 12.4. The van der Waals surface area contributed by atoms with Gasteiger partial charge in [0.1, 0.15) is 0 Å². The first kappa shape index (κ1) is 21.6. The first-order chi connectivity index (χ1) is 13.2. The lowest BCUT2D eigenvalue weighted by Crippen LogP contribution is -2.35. The summed E-state index contributed by atoms with van der Waals surface area (Å²) in [7, 11) is -1.28. The van der Waals surface area contributed by atoms with Crippen molar-refractivity contribution in [3.63, 3.8) is 0 Å². The van der Waals surface area contributed by atoms with Crippen molar-refractivity contribution in [1.29, 1.82) is 0 Å². The summed E-state index contributed by atoms with van der Waals surface area (Å²) in [6.07, 6.45) is 2.24. The van der Waals surface area contributed by atoms with Crippen LogP contribution in [-0.4, -0.2) is 40.3 Å². The fraction of sp³-hybridized carbons (Fsp3) is 0.421. The number of nitrogens with zero attached hydrogens (tertiary/aromatic N) is 1. The molecule has 1 aliphatic rings. The fourth-order valence-corrected chi connectivity index (χ4v) is 3.83. The van der Waals surface area contributed by atoms with E-state index < -0.39 is 33.8 Å². The van der Waals surface area contributed by atoms with Crippen LogP contribution in [0.5, 0.6) is 0 Å². The zero-order valence-corrected chi connectivity index (χ0v) is 17.1. The molecule has 8 nitrogen and oxygen atoms in total. The summed E-state index contributed by atoms with van der Waals surface area (Å²) < 4.78 is 34.3. The molecule has 1 aliphatic carbocycles. The molecule has 152 valence electrons. The second-order valence-electron chi connectivity index (χ2n) is 6.53. The number of carbonyl (C=O) groups excluding carboxylic acids is 2. The normalized spacial score (nSPS) is 20.1. The van der Waals surface area contributed by atoms with Crippen molar-refractivity contribution in [3.05, 3.63) is 41.5 Å². The highest BCUT2D eigenvalue weighted by Gasteiger charge is 2.38. The molecule has 9 heteroatoms. The number of methoxy groups -OCH3 is 2. The Hall–Kier alpha value is -2.68. The number of esters is 2. The number of carbonyl (C=O) groups is 2. The van der Waals surface area contributed by atoms with Gasteiger partial charge in [0.15, 0.2) is 0 Å². The molecule has 1 aromatic carbocycles. The number of allylic oxidation sites excluding steroid dienone is 2. The Morgan fingerprint density at radius 2 is 1.64 bits per heavy atom. The summed E-state index contributed by atoms with van der Waals surface area (Å²) in [5.41, 5.74) is 2.02. The van der Waals surface area contributed by atoms with Gasteiger partial charge in [-0.3, -0.25) is 9.59 Å². The highest BCUT2D eigenvalue weighted by molar-refractivity contribution is 7.89. The third-order valence-electron chi connectivity index (χ3n) is 4.68. The summed E-state index contributed by atoms with van der Waals surface area (Å²) in [5.74, 6) is -2.36. The van der Waals surface area contributed by atoms with E-state index in [1.807, 2.05) is 6.92 Å². The lowest BCUT2D eigenvalue weighted by Gasteiger charge is -2.27. The van der Waals surface area contributed by atoms with Gasteiger partial charge in [-0.15, -0.1) is 0 Å². The molecular weight excluding hydrogens is 384 g/mol. The largest absolute Gasteiger partial charge is 0.469 e. The van der Waals surface area contributed by atoms with Gasteiger partial charge in [0, 0.05) is 0 Å². The van der Waals surface area contributed by atoms with E-state index in [0.717, 1.165) is 5.56 Å². The van der Waals surface area contributed by atoms with Crippen molar-refractivity contribution in [2.75, 3.05) is 14.2 Å². The Morgan fingerprint density at radius 1 is 1.07 bits per heavy atom. The second-order valence-corrected chi connectivity index (χ2v) is 8.19. The van der Waals surface area contributed by atoms with Gasteiger partial charge < -0.3 is 9.47 Å². The first-order valence-corrected chi connectivity index (χ1v) is 10.2. The molecule has 0 heterocycles. The van der Waals surface area contributed by atoms with Crippen LogP contribution < -0.4 is 4.83 Å².